The lowest BCUT2D eigenvalue weighted by molar-refractivity contribution is 0.310. The van der Waals surface area contributed by atoms with E-state index in [1.54, 1.807) is 6.20 Å². The van der Waals surface area contributed by atoms with Crippen molar-refractivity contribution >= 4 is 17.5 Å². The van der Waals surface area contributed by atoms with E-state index < -0.39 is 0 Å². The van der Waals surface area contributed by atoms with Crippen molar-refractivity contribution in [2.45, 2.75) is 13.5 Å². The number of piperazine rings is 1. The molecule has 0 unspecified atom stereocenters. The summed E-state index contributed by atoms with van der Waals surface area (Å²) in [6.45, 7) is 7.21. The molecule has 0 bridgehead atoms. The van der Waals surface area contributed by atoms with Crippen LogP contribution in [0.2, 0.25) is 5.15 Å². The van der Waals surface area contributed by atoms with Gasteiger partial charge >= 0.3 is 0 Å². The van der Waals surface area contributed by atoms with Gasteiger partial charge in [0.1, 0.15) is 5.15 Å². The Morgan fingerprint density at radius 1 is 1.33 bits per heavy atom. The van der Waals surface area contributed by atoms with Crippen LogP contribution in [0.4, 0.5) is 5.95 Å². The summed E-state index contributed by atoms with van der Waals surface area (Å²) < 4.78 is 2.05. The number of anilines is 1. The van der Waals surface area contributed by atoms with Crippen molar-refractivity contribution in [2.24, 2.45) is 0 Å². The minimum Gasteiger partial charge on any atom is -0.340 e. The van der Waals surface area contributed by atoms with Crippen molar-refractivity contribution in [2.75, 3.05) is 38.1 Å². The van der Waals surface area contributed by atoms with Crippen LogP contribution in [0.1, 0.15) is 6.92 Å². The van der Waals surface area contributed by atoms with Gasteiger partial charge in [0.2, 0.25) is 5.95 Å². The highest BCUT2D eigenvalue weighted by molar-refractivity contribution is 6.29. The molecule has 1 aromatic heterocycles. The molecule has 1 fully saturated rings. The van der Waals surface area contributed by atoms with E-state index in [9.17, 15) is 0 Å². The number of hydrogen-bond acceptors (Lipinski definition) is 3. The number of nitrogens with zero attached hydrogens (tertiary/aromatic N) is 4. The van der Waals surface area contributed by atoms with Crippen molar-refractivity contribution in [3.8, 4) is 0 Å². The van der Waals surface area contributed by atoms with Gasteiger partial charge in [-0.25, -0.2) is 4.98 Å². The highest BCUT2D eigenvalue weighted by atomic mass is 35.5. The molecule has 0 radical (unpaired) electrons. The maximum absolute atomic E-state index is 6.06. The van der Waals surface area contributed by atoms with Gasteiger partial charge in [0.25, 0.3) is 0 Å². The zero-order valence-corrected chi connectivity index (χ0v) is 10.0. The Balaban J connectivity index is 2.15. The lowest BCUT2D eigenvalue weighted by Crippen LogP contribution is -2.45. The molecule has 0 aromatic carbocycles. The minimum absolute atomic E-state index is 0.728. The maximum atomic E-state index is 6.06. The summed E-state index contributed by atoms with van der Waals surface area (Å²) in [6, 6.07) is 0. The Hall–Kier alpha value is -0.740. The number of likely N-dealkylation sites (N-methyl/N-ethyl adjacent to an activating group) is 1. The molecule has 4 nitrogen and oxygen atoms in total. The number of rotatable bonds is 2. The summed E-state index contributed by atoms with van der Waals surface area (Å²) in [5.74, 6) is 1.01. The van der Waals surface area contributed by atoms with Crippen molar-refractivity contribution in [1.29, 1.82) is 0 Å². The Labute approximate surface area is 95.4 Å². The van der Waals surface area contributed by atoms with Crippen LogP contribution in [0, 0.1) is 0 Å². The Morgan fingerprint density at radius 2 is 2.00 bits per heavy atom. The molecule has 0 aliphatic carbocycles. The fraction of sp³-hybridized carbons (Fsp3) is 0.700. The topological polar surface area (TPSA) is 24.3 Å². The lowest BCUT2D eigenvalue weighted by Gasteiger charge is -2.33. The highest BCUT2D eigenvalue weighted by Crippen LogP contribution is 2.20. The van der Waals surface area contributed by atoms with Gasteiger partial charge in [-0.15, -0.1) is 0 Å². The summed E-state index contributed by atoms with van der Waals surface area (Å²) >= 11 is 6.06. The lowest BCUT2D eigenvalue weighted by atomic mass is 10.3. The molecule has 0 saturated carbocycles. The summed E-state index contributed by atoms with van der Waals surface area (Å²) in [5.41, 5.74) is 0. The summed E-state index contributed by atoms with van der Waals surface area (Å²) in [4.78, 5) is 9.01. The van der Waals surface area contributed by atoms with Crippen LogP contribution >= 0.6 is 11.6 Å². The number of hydrogen-bond donors (Lipinski definition) is 0. The van der Waals surface area contributed by atoms with E-state index in [1.165, 1.54) is 0 Å². The molecule has 2 heterocycles. The molecule has 0 atom stereocenters. The monoisotopic (exact) mass is 228 g/mol. The van der Waals surface area contributed by atoms with E-state index in [4.69, 9.17) is 11.6 Å². The Bertz CT molecular complexity index is 328. The Morgan fingerprint density at radius 3 is 2.60 bits per heavy atom. The van der Waals surface area contributed by atoms with Gasteiger partial charge in [-0.3, -0.25) is 0 Å². The van der Waals surface area contributed by atoms with Crippen LogP contribution in [-0.2, 0) is 6.54 Å². The molecule has 1 aliphatic heterocycles. The normalized spacial score (nSPS) is 18.5. The summed E-state index contributed by atoms with van der Waals surface area (Å²) in [6.07, 6.45) is 1.73. The SMILES string of the molecule is CCn1c(Cl)cnc1N1CCN(C)CC1. The van der Waals surface area contributed by atoms with E-state index in [0.29, 0.717) is 0 Å². The van der Waals surface area contributed by atoms with E-state index in [-0.39, 0.29) is 0 Å². The minimum atomic E-state index is 0.728. The van der Waals surface area contributed by atoms with E-state index >= 15 is 0 Å². The fourth-order valence-corrected chi connectivity index (χ4v) is 2.14. The molecule has 84 valence electrons. The zero-order chi connectivity index (χ0) is 10.8. The highest BCUT2D eigenvalue weighted by Gasteiger charge is 2.19. The van der Waals surface area contributed by atoms with Gasteiger partial charge in [-0.05, 0) is 14.0 Å². The van der Waals surface area contributed by atoms with Crippen molar-refractivity contribution in [3.63, 3.8) is 0 Å². The average Bonchev–Trinajstić information content (AvgIpc) is 2.61. The van der Waals surface area contributed by atoms with Crippen LogP contribution in [0.25, 0.3) is 0 Å². The molecular formula is C10H17ClN4. The van der Waals surface area contributed by atoms with Gasteiger partial charge in [0, 0.05) is 32.7 Å². The van der Waals surface area contributed by atoms with Crippen LogP contribution < -0.4 is 4.90 Å². The first-order valence-corrected chi connectivity index (χ1v) is 5.74. The first-order valence-electron chi connectivity index (χ1n) is 5.37. The van der Waals surface area contributed by atoms with Crippen molar-refractivity contribution in [1.82, 2.24) is 14.5 Å². The summed E-state index contributed by atoms with van der Waals surface area (Å²) in [5, 5.41) is 0.728. The quantitative estimate of drug-likeness (QED) is 0.763. The molecule has 2 rings (SSSR count). The van der Waals surface area contributed by atoms with Crippen LogP contribution in [0.5, 0.6) is 0 Å². The van der Waals surface area contributed by atoms with Gasteiger partial charge in [0.15, 0.2) is 0 Å². The van der Waals surface area contributed by atoms with E-state index in [1.807, 2.05) is 4.57 Å². The molecule has 1 aromatic rings. The van der Waals surface area contributed by atoms with Gasteiger partial charge in [0.05, 0.1) is 6.20 Å². The maximum Gasteiger partial charge on any atom is 0.206 e. The second kappa shape index (κ2) is 4.41. The van der Waals surface area contributed by atoms with Crippen LogP contribution in [0.15, 0.2) is 6.20 Å². The summed E-state index contributed by atoms with van der Waals surface area (Å²) in [7, 11) is 2.15. The molecule has 1 saturated heterocycles. The van der Waals surface area contributed by atoms with Crippen LogP contribution in [0.3, 0.4) is 0 Å². The first kappa shape index (κ1) is 10.8. The molecule has 1 aliphatic rings. The molecule has 0 amide bonds. The molecule has 5 heteroatoms. The van der Waals surface area contributed by atoms with E-state index in [0.717, 1.165) is 43.8 Å². The average molecular weight is 229 g/mol. The van der Waals surface area contributed by atoms with Crippen molar-refractivity contribution in [3.05, 3.63) is 11.3 Å². The second-order valence-corrected chi connectivity index (χ2v) is 4.30. The molecule has 0 N–H and O–H groups in total. The third-order valence-electron chi connectivity index (χ3n) is 2.89. The third kappa shape index (κ3) is 2.11. The predicted molar refractivity (Wildman–Crippen MR) is 62.6 cm³/mol. The smallest absolute Gasteiger partial charge is 0.206 e. The van der Waals surface area contributed by atoms with E-state index in [2.05, 4.69) is 28.8 Å². The molecule has 15 heavy (non-hydrogen) atoms. The predicted octanol–water partition coefficient (Wildman–Crippen LogP) is 1.31. The van der Waals surface area contributed by atoms with Gasteiger partial charge in [-0.2, -0.15) is 0 Å². The first-order chi connectivity index (χ1) is 7.22. The molecular weight excluding hydrogens is 212 g/mol. The van der Waals surface area contributed by atoms with Gasteiger partial charge in [-0.1, -0.05) is 11.6 Å². The number of imidazole rings is 1. The van der Waals surface area contributed by atoms with Crippen molar-refractivity contribution < 1.29 is 0 Å². The molecule has 0 spiro atoms. The second-order valence-electron chi connectivity index (χ2n) is 3.92. The number of halogens is 1. The third-order valence-corrected chi connectivity index (χ3v) is 3.19. The number of aromatic nitrogens is 2. The standard InChI is InChI=1S/C10H17ClN4/c1-3-15-9(11)8-12-10(15)14-6-4-13(2)5-7-14/h8H,3-7H2,1-2H3. The largest absolute Gasteiger partial charge is 0.340 e. The Kier molecular flexibility index (Phi) is 3.17. The van der Waals surface area contributed by atoms with Crippen LogP contribution in [-0.4, -0.2) is 47.7 Å². The fourth-order valence-electron chi connectivity index (χ4n) is 1.90. The van der Waals surface area contributed by atoms with Gasteiger partial charge < -0.3 is 14.4 Å². The zero-order valence-electron chi connectivity index (χ0n) is 9.28.